The van der Waals surface area contributed by atoms with Crippen LogP contribution in [-0.4, -0.2) is 10.2 Å². The Balaban J connectivity index is 2.79. The summed E-state index contributed by atoms with van der Waals surface area (Å²) in [7, 11) is 0. The van der Waals surface area contributed by atoms with Crippen LogP contribution in [0.5, 0.6) is 0 Å². The van der Waals surface area contributed by atoms with Crippen LogP contribution in [0.4, 0.5) is 0 Å². The van der Waals surface area contributed by atoms with Crippen molar-refractivity contribution in [1.82, 2.24) is 4.98 Å². The number of aromatic nitrogens is 1. The highest BCUT2D eigenvalue weighted by Crippen LogP contribution is 2.23. The van der Waals surface area contributed by atoms with Crippen LogP contribution >= 0.6 is 27.5 Å². The fourth-order valence-corrected chi connectivity index (χ4v) is 1.77. The van der Waals surface area contributed by atoms with Gasteiger partial charge >= 0.3 is 0 Å². The second-order valence-electron chi connectivity index (χ2n) is 2.67. The molecule has 0 unspecified atom stereocenters. The summed E-state index contributed by atoms with van der Waals surface area (Å²) in [5.74, 6) is 0. The van der Waals surface area contributed by atoms with Crippen molar-refractivity contribution in [3.8, 4) is 0 Å². The Kier molecular flexibility index (Phi) is 2.14. The third-order valence-corrected chi connectivity index (χ3v) is 2.55. The summed E-state index contributed by atoms with van der Waals surface area (Å²) < 4.78 is 0.929. The summed E-state index contributed by atoms with van der Waals surface area (Å²) in [6, 6.07) is 5.66. The third kappa shape index (κ3) is 1.49. The zero-order valence-electron chi connectivity index (χ0n) is 6.47. The summed E-state index contributed by atoms with van der Waals surface area (Å²) in [4.78, 5) is 13.9. The number of benzene rings is 1. The van der Waals surface area contributed by atoms with Gasteiger partial charge in [-0.25, -0.2) is 0 Å². The number of rotatable bonds is 1. The standard InChI is InChI=1S/C9H5BrClNO/c10-5-1-2-8-6(3-5)7(4-12-8)9(11)13/h1-4,12H. The molecule has 0 fully saturated rings. The normalized spacial score (nSPS) is 10.6. The molecule has 1 aromatic heterocycles. The highest BCUT2D eigenvalue weighted by molar-refractivity contribution is 9.10. The van der Waals surface area contributed by atoms with Gasteiger partial charge in [0.25, 0.3) is 5.24 Å². The van der Waals surface area contributed by atoms with Gasteiger partial charge in [0, 0.05) is 21.6 Å². The topological polar surface area (TPSA) is 32.9 Å². The first-order valence-electron chi connectivity index (χ1n) is 3.65. The molecule has 0 aliphatic rings. The number of aromatic amines is 1. The van der Waals surface area contributed by atoms with E-state index in [9.17, 15) is 4.79 Å². The zero-order chi connectivity index (χ0) is 9.42. The first kappa shape index (κ1) is 8.78. The Morgan fingerprint density at radius 2 is 2.23 bits per heavy atom. The van der Waals surface area contributed by atoms with E-state index < -0.39 is 5.24 Å². The molecule has 0 saturated heterocycles. The smallest absolute Gasteiger partial charge is 0.254 e. The minimum Gasteiger partial charge on any atom is -0.360 e. The van der Waals surface area contributed by atoms with Gasteiger partial charge in [-0.05, 0) is 29.8 Å². The lowest BCUT2D eigenvalue weighted by atomic mass is 10.2. The highest BCUT2D eigenvalue weighted by Gasteiger charge is 2.08. The van der Waals surface area contributed by atoms with E-state index in [-0.39, 0.29) is 0 Å². The van der Waals surface area contributed by atoms with Crippen LogP contribution in [0.25, 0.3) is 10.9 Å². The molecule has 0 saturated carbocycles. The van der Waals surface area contributed by atoms with E-state index in [1.165, 1.54) is 0 Å². The van der Waals surface area contributed by atoms with Gasteiger partial charge in [-0.3, -0.25) is 4.79 Å². The summed E-state index contributed by atoms with van der Waals surface area (Å²) in [6.07, 6.45) is 1.62. The number of halogens is 2. The van der Waals surface area contributed by atoms with Crippen LogP contribution in [0.3, 0.4) is 0 Å². The third-order valence-electron chi connectivity index (χ3n) is 1.86. The van der Waals surface area contributed by atoms with Crippen molar-refractivity contribution in [2.45, 2.75) is 0 Å². The predicted molar refractivity (Wildman–Crippen MR) is 56.2 cm³/mol. The van der Waals surface area contributed by atoms with Crippen molar-refractivity contribution in [2.24, 2.45) is 0 Å². The molecule has 2 rings (SSSR count). The predicted octanol–water partition coefficient (Wildman–Crippen LogP) is 3.31. The lowest BCUT2D eigenvalue weighted by Gasteiger charge is -1.92. The molecule has 0 amide bonds. The van der Waals surface area contributed by atoms with Gasteiger partial charge in [0.05, 0.1) is 5.56 Å². The number of hydrogen-bond donors (Lipinski definition) is 1. The molecule has 4 heteroatoms. The first-order chi connectivity index (χ1) is 6.18. The number of carbonyl (C=O) groups excluding carboxylic acids is 1. The van der Waals surface area contributed by atoms with E-state index >= 15 is 0 Å². The molecular weight excluding hydrogens is 253 g/mol. The van der Waals surface area contributed by atoms with Crippen molar-refractivity contribution in [3.05, 3.63) is 34.4 Å². The van der Waals surface area contributed by atoms with Gasteiger partial charge in [-0.15, -0.1) is 0 Å². The Morgan fingerprint density at radius 3 is 2.92 bits per heavy atom. The van der Waals surface area contributed by atoms with E-state index in [4.69, 9.17) is 11.6 Å². The fourth-order valence-electron chi connectivity index (χ4n) is 1.26. The fraction of sp³-hybridized carbons (Fsp3) is 0. The molecule has 0 aliphatic heterocycles. The molecular formula is C9H5BrClNO. The maximum atomic E-state index is 11.0. The second kappa shape index (κ2) is 3.16. The zero-order valence-corrected chi connectivity index (χ0v) is 8.82. The van der Waals surface area contributed by atoms with Crippen molar-refractivity contribution in [3.63, 3.8) is 0 Å². The summed E-state index contributed by atoms with van der Waals surface area (Å²) in [6.45, 7) is 0. The van der Waals surface area contributed by atoms with Gasteiger partial charge in [0.1, 0.15) is 0 Å². The van der Waals surface area contributed by atoms with E-state index in [2.05, 4.69) is 20.9 Å². The van der Waals surface area contributed by atoms with Crippen molar-refractivity contribution < 1.29 is 4.79 Å². The average Bonchev–Trinajstić information content (AvgIpc) is 2.46. The molecule has 0 spiro atoms. The number of hydrogen-bond acceptors (Lipinski definition) is 1. The molecule has 13 heavy (non-hydrogen) atoms. The van der Waals surface area contributed by atoms with E-state index in [0.29, 0.717) is 5.56 Å². The maximum Gasteiger partial charge on any atom is 0.254 e. The lowest BCUT2D eigenvalue weighted by molar-refractivity contribution is 0.108. The molecule has 0 bridgehead atoms. The van der Waals surface area contributed by atoms with E-state index in [1.54, 1.807) is 6.20 Å². The molecule has 0 radical (unpaired) electrons. The van der Waals surface area contributed by atoms with Crippen LogP contribution < -0.4 is 0 Å². The summed E-state index contributed by atoms with van der Waals surface area (Å²) in [5.41, 5.74) is 1.42. The second-order valence-corrected chi connectivity index (χ2v) is 3.92. The Bertz CT molecular complexity index is 477. The number of H-pyrrole nitrogens is 1. The molecule has 1 heterocycles. The number of carbonyl (C=O) groups is 1. The molecule has 1 aromatic carbocycles. The molecule has 1 N–H and O–H groups in total. The Morgan fingerprint density at radius 1 is 1.46 bits per heavy atom. The summed E-state index contributed by atoms with van der Waals surface area (Å²) in [5, 5.41) is 0.402. The van der Waals surface area contributed by atoms with Crippen molar-refractivity contribution >= 4 is 43.7 Å². The molecule has 2 nitrogen and oxygen atoms in total. The van der Waals surface area contributed by atoms with Gasteiger partial charge in [0.15, 0.2) is 0 Å². The van der Waals surface area contributed by atoms with Crippen LogP contribution in [-0.2, 0) is 0 Å². The Labute approximate surface area is 88.0 Å². The highest BCUT2D eigenvalue weighted by atomic mass is 79.9. The molecule has 66 valence electrons. The van der Waals surface area contributed by atoms with Gasteiger partial charge in [-0.2, -0.15) is 0 Å². The Hall–Kier alpha value is -0.800. The minimum absolute atomic E-state index is 0.440. The van der Waals surface area contributed by atoms with Crippen LogP contribution in [0.1, 0.15) is 10.4 Å². The summed E-state index contributed by atoms with van der Waals surface area (Å²) >= 11 is 8.73. The SMILES string of the molecule is O=C(Cl)c1c[nH]c2ccc(Br)cc12. The van der Waals surface area contributed by atoms with Crippen molar-refractivity contribution in [1.29, 1.82) is 0 Å². The molecule has 0 atom stereocenters. The monoisotopic (exact) mass is 257 g/mol. The number of fused-ring (bicyclic) bond motifs is 1. The van der Waals surface area contributed by atoms with Crippen LogP contribution in [0, 0.1) is 0 Å². The largest absolute Gasteiger partial charge is 0.360 e. The van der Waals surface area contributed by atoms with E-state index in [0.717, 1.165) is 15.4 Å². The minimum atomic E-state index is -0.440. The van der Waals surface area contributed by atoms with E-state index in [1.807, 2.05) is 18.2 Å². The van der Waals surface area contributed by atoms with Gasteiger partial charge in [0.2, 0.25) is 0 Å². The maximum absolute atomic E-state index is 11.0. The van der Waals surface area contributed by atoms with Crippen LogP contribution in [0.15, 0.2) is 28.9 Å². The lowest BCUT2D eigenvalue weighted by Crippen LogP contribution is -1.84. The quantitative estimate of drug-likeness (QED) is 0.782. The number of nitrogens with one attached hydrogen (secondary N) is 1. The average molecular weight is 259 g/mol. The van der Waals surface area contributed by atoms with Gasteiger partial charge in [-0.1, -0.05) is 15.9 Å². The first-order valence-corrected chi connectivity index (χ1v) is 4.82. The molecule has 0 aliphatic carbocycles. The van der Waals surface area contributed by atoms with Crippen molar-refractivity contribution in [2.75, 3.05) is 0 Å². The molecule has 2 aromatic rings. The van der Waals surface area contributed by atoms with Crippen LogP contribution in [0.2, 0.25) is 0 Å². The van der Waals surface area contributed by atoms with Gasteiger partial charge < -0.3 is 4.98 Å².